The highest BCUT2D eigenvalue weighted by Gasteiger charge is 2.29. The maximum absolute atomic E-state index is 13.4. The number of nitrogens with zero attached hydrogens (tertiary/aromatic N) is 4. The van der Waals surface area contributed by atoms with Crippen molar-refractivity contribution in [3.8, 4) is 17.1 Å². The Morgan fingerprint density at radius 1 is 1.14 bits per heavy atom. The van der Waals surface area contributed by atoms with E-state index in [1.807, 2.05) is 73.0 Å². The first-order valence-corrected chi connectivity index (χ1v) is 9.72. The molecule has 1 aromatic carbocycles. The third-order valence-electron chi connectivity index (χ3n) is 4.89. The summed E-state index contributed by atoms with van der Waals surface area (Å²) in [6, 6.07) is 13.2. The molecule has 1 saturated heterocycles. The van der Waals surface area contributed by atoms with Crippen LogP contribution in [0, 0.1) is 0 Å². The summed E-state index contributed by atoms with van der Waals surface area (Å²) in [5.41, 5.74) is 2.95. The quantitative estimate of drug-likeness (QED) is 0.674. The van der Waals surface area contributed by atoms with Crippen molar-refractivity contribution >= 4 is 17.5 Å². The minimum Gasteiger partial charge on any atom is -0.372 e. The largest absolute Gasteiger partial charge is 0.372 e. The second-order valence-corrected chi connectivity index (χ2v) is 7.71. The molecule has 1 amide bonds. The van der Waals surface area contributed by atoms with Gasteiger partial charge in [0, 0.05) is 31.4 Å². The Morgan fingerprint density at radius 2 is 1.89 bits per heavy atom. The van der Waals surface area contributed by atoms with Crippen molar-refractivity contribution in [3.63, 3.8) is 0 Å². The first-order valence-electron chi connectivity index (χ1n) is 9.35. The van der Waals surface area contributed by atoms with Gasteiger partial charge in [-0.05, 0) is 50.2 Å². The number of carbonyl (C=O) groups excluding carboxylic acids is 1. The lowest BCUT2D eigenvalue weighted by Crippen LogP contribution is -2.48. The molecule has 0 bridgehead atoms. The van der Waals surface area contributed by atoms with Crippen LogP contribution in [0.2, 0.25) is 5.02 Å². The third kappa shape index (κ3) is 3.57. The van der Waals surface area contributed by atoms with Gasteiger partial charge in [-0.1, -0.05) is 17.7 Å². The molecular weight excluding hydrogens is 376 g/mol. The fourth-order valence-electron chi connectivity index (χ4n) is 3.70. The molecule has 6 nitrogen and oxygen atoms in total. The van der Waals surface area contributed by atoms with Crippen molar-refractivity contribution in [2.24, 2.45) is 7.05 Å². The molecule has 3 heterocycles. The summed E-state index contributed by atoms with van der Waals surface area (Å²) < 4.78 is 9.44. The zero-order chi connectivity index (χ0) is 19.8. The Hall–Kier alpha value is -2.57. The second-order valence-electron chi connectivity index (χ2n) is 7.28. The van der Waals surface area contributed by atoms with Gasteiger partial charge in [0.1, 0.15) is 11.4 Å². The summed E-state index contributed by atoms with van der Waals surface area (Å²) >= 11 is 6.19. The van der Waals surface area contributed by atoms with E-state index >= 15 is 0 Å². The third-order valence-corrected chi connectivity index (χ3v) is 5.13. The fourth-order valence-corrected chi connectivity index (χ4v) is 3.88. The first-order chi connectivity index (χ1) is 13.4. The zero-order valence-corrected chi connectivity index (χ0v) is 16.9. The van der Waals surface area contributed by atoms with E-state index in [4.69, 9.17) is 21.4 Å². The average molecular weight is 399 g/mol. The van der Waals surface area contributed by atoms with E-state index in [9.17, 15) is 4.79 Å². The number of rotatable bonds is 3. The van der Waals surface area contributed by atoms with Crippen LogP contribution in [0.25, 0.3) is 17.1 Å². The summed E-state index contributed by atoms with van der Waals surface area (Å²) in [7, 11) is 1.96. The van der Waals surface area contributed by atoms with Gasteiger partial charge >= 0.3 is 0 Å². The average Bonchev–Trinajstić information content (AvgIpc) is 3.26. The van der Waals surface area contributed by atoms with Gasteiger partial charge in [-0.3, -0.25) is 4.79 Å². The van der Waals surface area contributed by atoms with Crippen molar-refractivity contribution in [2.75, 3.05) is 13.1 Å². The highest BCUT2D eigenvalue weighted by Crippen LogP contribution is 2.25. The minimum absolute atomic E-state index is 0.00239. The highest BCUT2D eigenvalue weighted by atomic mass is 35.5. The molecule has 0 N–H and O–H groups in total. The molecule has 0 radical (unpaired) electrons. The summed E-state index contributed by atoms with van der Waals surface area (Å²) in [4.78, 5) is 15.2. The number of halogens is 1. The molecule has 7 heteroatoms. The number of aryl methyl sites for hydroxylation is 1. The normalized spacial score (nSPS) is 19.8. The van der Waals surface area contributed by atoms with Gasteiger partial charge in [-0.15, -0.1) is 0 Å². The van der Waals surface area contributed by atoms with Crippen molar-refractivity contribution in [1.82, 2.24) is 19.2 Å². The van der Waals surface area contributed by atoms with Crippen LogP contribution in [-0.2, 0) is 11.8 Å². The number of benzene rings is 1. The summed E-state index contributed by atoms with van der Waals surface area (Å²) in [6.45, 7) is 5.09. The van der Waals surface area contributed by atoms with Crippen LogP contribution < -0.4 is 0 Å². The summed E-state index contributed by atoms with van der Waals surface area (Å²) in [5.74, 6) is -0.0602. The predicted molar refractivity (Wildman–Crippen MR) is 109 cm³/mol. The van der Waals surface area contributed by atoms with Crippen LogP contribution in [0.4, 0.5) is 0 Å². The van der Waals surface area contributed by atoms with Gasteiger partial charge in [-0.25, -0.2) is 4.68 Å². The van der Waals surface area contributed by atoms with Crippen molar-refractivity contribution in [1.29, 1.82) is 0 Å². The fraction of sp³-hybridized carbons (Fsp3) is 0.333. The Labute approximate surface area is 169 Å². The molecular formula is C21H23ClN4O2. The van der Waals surface area contributed by atoms with Crippen LogP contribution in [0.1, 0.15) is 24.3 Å². The lowest BCUT2D eigenvalue weighted by atomic mass is 10.2. The lowest BCUT2D eigenvalue weighted by Gasteiger charge is -2.35. The number of hydrogen-bond acceptors (Lipinski definition) is 3. The van der Waals surface area contributed by atoms with Gasteiger partial charge in [0.2, 0.25) is 0 Å². The summed E-state index contributed by atoms with van der Waals surface area (Å²) in [5, 5.41) is 5.33. The van der Waals surface area contributed by atoms with E-state index in [0.29, 0.717) is 23.8 Å². The minimum atomic E-state index is -0.0602. The molecule has 1 aliphatic rings. The Morgan fingerprint density at radius 3 is 2.54 bits per heavy atom. The molecule has 146 valence electrons. The number of morpholine rings is 1. The van der Waals surface area contributed by atoms with E-state index in [2.05, 4.69) is 0 Å². The number of carbonyl (C=O) groups is 1. The van der Waals surface area contributed by atoms with Gasteiger partial charge < -0.3 is 14.2 Å². The highest BCUT2D eigenvalue weighted by molar-refractivity contribution is 6.30. The molecule has 3 aromatic rings. The predicted octanol–water partition coefficient (Wildman–Crippen LogP) is 3.78. The lowest BCUT2D eigenvalue weighted by molar-refractivity contribution is -0.0588. The molecule has 0 aliphatic carbocycles. The van der Waals surface area contributed by atoms with Crippen LogP contribution >= 0.6 is 11.6 Å². The molecule has 2 atom stereocenters. The van der Waals surface area contributed by atoms with E-state index < -0.39 is 0 Å². The molecule has 1 fully saturated rings. The monoisotopic (exact) mass is 398 g/mol. The molecule has 4 rings (SSSR count). The van der Waals surface area contributed by atoms with E-state index in [0.717, 1.165) is 17.1 Å². The van der Waals surface area contributed by atoms with Crippen molar-refractivity contribution in [3.05, 3.63) is 59.4 Å². The molecule has 0 spiro atoms. The maximum atomic E-state index is 13.4. The number of amides is 1. The van der Waals surface area contributed by atoms with Gasteiger partial charge in [0.25, 0.3) is 5.91 Å². The maximum Gasteiger partial charge on any atom is 0.272 e. The van der Waals surface area contributed by atoms with Crippen LogP contribution in [0.3, 0.4) is 0 Å². The molecule has 1 aliphatic heterocycles. The van der Waals surface area contributed by atoms with Gasteiger partial charge in [0.15, 0.2) is 0 Å². The Kier molecular flexibility index (Phi) is 5.00. The van der Waals surface area contributed by atoms with Crippen LogP contribution in [0.5, 0.6) is 0 Å². The number of ether oxygens (including phenoxy) is 1. The van der Waals surface area contributed by atoms with E-state index in [1.54, 1.807) is 10.7 Å². The van der Waals surface area contributed by atoms with Crippen molar-refractivity contribution < 1.29 is 9.53 Å². The Bertz CT molecular complexity index is 1000. The summed E-state index contributed by atoms with van der Waals surface area (Å²) in [6.07, 6.45) is 1.96. The van der Waals surface area contributed by atoms with E-state index in [1.165, 1.54) is 0 Å². The number of aromatic nitrogens is 3. The molecule has 0 saturated carbocycles. The smallest absolute Gasteiger partial charge is 0.272 e. The SMILES string of the molecule is C[C@@H]1CN(C(=O)c2cc(-c3cccn3C)nn2-c2cccc(Cl)c2)C[C@H](C)O1. The molecule has 2 aromatic heterocycles. The first kappa shape index (κ1) is 18.8. The zero-order valence-electron chi connectivity index (χ0n) is 16.2. The number of hydrogen-bond donors (Lipinski definition) is 0. The van der Waals surface area contributed by atoms with Gasteiger partial charge in [0.05, 0.1) is 23.6 Å². The second kappa shape index (κ2) is 7.45. The molecule has 0 unspecified atom stereocenters. The Balaban J connectivity index is 1.79. The molecule has 28 heavy (non-hydrogen) atoms. The standard InChI is InChI=1S/C21H23ClN4O2/c1-14-12-25(13-15(2)28-14)21(27)20-11-18(19-8-5-9-24(19)3)23-26(20)17-7-4-6-16(22)10-17/h4-11,14-15H,12-13H2,1-3H3/t14-,15+. The topological polar surface area (TPSA) is 52.3 Å². The van der Waals surface area contributed by atoms with Crippen LogP contribution in [0.15, 0.2) is 48.7 Å². The van der Waals surface area contributed by atoms with Crippen LogP contribution in [-0.4, -0.2) is 50.5 Å². The van der Waals surface area contributed by atoms with E-state index in [-0.39, 0.29) is 18.1 Å². The van der Waals surface area contributed by atoms with Gasteiger partial charge in [-0.2, -0.15) is 5.10 Å². The van der Waals surface area contributed by atoms with Crippen molar-refractivity contribution in [2.45, 2.75) is 26.1 Å².